The first kappa shape index (κ1) is 21.9. The van der Waals surface area contributed by atoms with E-state index in [-0.39, 0.29) is 11.1 Å². The molecule has 0 bridgehead atoms. The van der Waals surface area contributed by atoms with Gasteiger partial charge in [0.25, 0.3) is 0 Å². The molecule has 2 aromatic rings. The normalized spacial score (nSPS) is 23.8. The summed E-state index contributed by atoms with van der Waals surface area (Å²) in [7, 11) is 0. The number of rotatable bonds is 8. The monoisotopic (exact) mass is 416 g/mol. The molecule has 0 saturated carbocycles. The molecule has 1 fully saturated rings. The molecule has 0 aliphatic carbocycles. The first-order chi connectivity index (χ1) is 14.3. The number of ether oxygens (including phenoxy) is 2. The fraction of sp³-hybridized carbons (Fsp3) is 0.364. The molecule has 1 aliphatic rings. The van der Waals surface area contributed by atoms with E-state index in [0.717, 1.165) is 11.1 Å². The number of aliphatic hydroxyl groups excluding tert-OH is 2. The highest BCUT2D eigenvalue weighted by Crippen LogP contribution is 2.24. The maximum atomic E-state index is 10.9. The number of aromatic carboxylic acids is 2. The average molecular weight is 416 g/mol. The van der Waals surface area contributed by atoms with Gasteiger partial charge in [-0.25, -0.2) is 9.59 Å². The van der Waals surface area contributed by atoms with Crippen LogP contribution in [0.3, 0.4) is 0 Å². The number of hydrogen-bond acceptors (Lipinski definition) is 6. The summed E-state index contributed by atoms with van der Waals surface area (Å²) in [6.45, 7) is 0. The molecule has 3 rings (SSSR count). The summed E-state index contributed by atoms with van der Waals surface area (Å²) >= 11 is 0. The highest BCUT2D eigenvalue weighted by molar-refractivity contribution is 5.87. The van der Waals surface area contributed by atoms with Gasteiger partial charge >= 0.3 is 11.9 Å². The number of carboxylic acid groups (broad SMARTS) is 2. The van der Waals surface area contributed by atoms with Gasteiger partial charge in [0.05, 0.1) is 11.1 Å². The molecule has 8 nitrogen and oxygen atoms in total. The summed E-state index contributed by atoms with van der Waals surface area (Å²) in [6.07, 6.45) is -1.94. The van der Waals surface area contributed by atoms with Gasteiger partial charge in [0, 0.05) is 0 Å². The van der Waals surface area contributed by atoms with Crippen LogP contribution in [0.25, 0.3) is 0 Å². The summed E-state index contributed by atoms with van der Waals surface area (Å²) in [6, 6.07) is 12.9. The van der Waals surface area contributed by atoms with Crippen LogP contribution in [0.15, 0.2) is 48.5 Å². The fourth-order valence-corrected chi connectivity index (χ4v) is 3.33. The molecular weight excluding hydrogens is 392 g/mol. The van der Waals surface area contributed by atoms with Crippen molar-refractivity contribution in [1.82, 2.24) is 0 Å². The summed E-state index contributed by atoms with van der Waals surface area (Å²) in [4.78, 5) is 21.8. The van der Waals surface area contributed by atoms with E-state index in [0.29, 0.717) is 25.7 Å². The molecule has 4 N–H and O–H groups in total. The van der Waals surface area contributed by atoms with Crippen LogP contribution in [-0.4, -0.2) is 57.2 Å². The lowest BCUT2D eigenvalue weighted by atomic mass is 10.0. The Balaban J connectivity index is 1.48. The van der Waals surface area contributed by atoms with Gasteiger partial charge in [0.2, 0.25) is 0 Å². The molecule has 30 heavy (non-hydrogen) atoms. The van der Waals surface area contributed by atoms with Crippen LogP contribution in [0.4, 0.5) is 0 Å². The SMILES string of the molecule is O=C(O)c1ccc(CCC2OC(O)C(CCc3ccc(C(=O)O)cc3)OC2O)cc1. The largest absolute Gasteiger partial charge is 0.478 e. The van der Waals surface area contributed by atoms with Crippen molar-refractivity contribution in [3.8, 4) is 0 Å². The van der Waals surface area contributed by atoms with Crippen molar-refractivity contribution in [3.63, 3.8) is 0 Å². The molecule has 1 aliphatic heterocycles. The van der Waals surface area contributed by atoms with Crippen LogP contribution in [0.1, 0.15) is 44.7 Å². The van der Waals surface area contributed by atoms with Crippen LogP contribution in [0, 0.1) is 0 Å². The third-order valence-electron chi connectivity index (χ3n) is 5.10. The predicted octanol–water partition coefficient (Wildman–Crippen LogP) is 2.07. The van der Waals surface area contributed by atoms with Gasteiger partial charge in [-0.2, -0.15) is 0 Å². The zero-order chi connectivity index (χ0) is 21.7. The smallest absolute Gasteiger partial charge is 0.335 e. The molecule has 0 aromatic heterocycles. The quantitative estimate of drug-likeness (QED) is 0.514. The molecule has 4 atom stereocenters. The van der Waals surface area contributed by atoms with E-state index in [1.165, 1.54) is 24.3 Å². The number of aryl methyl sites for hydroxylation is 2. The minimum atomic E-state index is -1.19. The van der Waals surface area contributed by atoms with Gasteiger partial charge in [-0.3, -0.25) is 0 Å². The maximum absolute atomic E-state index is 10.9. The Morgan fingerprint density at radius 1 is 0.667 bits per heavy atom. The second-order valence-corrected chi connectivity index (χ2v) is 7.21. The Morgan fingerprint density at radius 2 is 1.00 bits per heavy atom. The Morgan fingerprint density at radius 3 is 1.30 bits per heavy atom. The van der Waals surface area contributed by atoms with Gasteiger partial charge < -0.3 is 29.9 Å². The zero-order valence-corrected chi connectivity index (χ0v) is 16.2. The summed E-state index contributed by atoms with van der Waals surface area (Å²) in [5, 5.41) is 38.3. The van der Waals surface area contributed by atoms with Gasteiger partial charge in [-0.15, -0.1) is 0 Å². The standard InChI is InChI=1S/C22H24O8/c23-19(24)15-7-1-13(2-8-15)5-11-17-21(27)30-18(22(28)29-17)12-6-14-3-9-16(10-4-14)20(25)26/h1-4,7-10,17-18,21-22,27-28H,5-6,11-12H2,(H,23,24)(H,25,26). The Bertz CT molecular complexity index is 788. The van der Waals surface area contributed by atoms with Crippen LogP contribution in [0.2, 0.25) is 0 Å². The lowest BCUT2D eigenvalue weighted by molar-refractivity contribution is -0.331. The lowest BCUT2D eigenvalue weighted by Gasteiger charge is -2.37. The topological polar surface area (TPSA) is 134 Å². The van der Waals surface area contributed by atoms with E-state index in [2.05, 4.69) is 0 Å². The van der Waals surface area contributed by atoms with Crippen molar-refractivity contribution < 1.29 is 39.5 Å². The van der Waals surface area contributed by atoms with Crippen molar-refractivity contribution in [2.75, 3.05) is 0 Å². The number of aliphatic hydroxyl groups is 2. The van der Waals surface area contributed by atoms with Crippen LogP contribution >= 0.6 is 0 Å². The molecule has 0 radical (unpaired) electrons. The van der Waals surface area contributed by atoms with Crippen molar-refractivity contribution >= 4 is 11.9 Å². The second kappa shape index (κ2) is 9.82. The highest BCUT2D eigenvalue weighted by Gasteiger charge is 2.36. The lowest BCUT2D eigenvalue weighted by Crippen LogP contribution is -2.49. The molecule has 4 unspecified atom stereocenters. The third-order valence-corrected chi connectivity index (χ3v) is 5.10. The van der Waals surface area contributed by atoms with Gasteiger partial charge in [-0.05, 0) is 61.1 Å². The van der Waals surface area contributed by atoms with Gasteiger partial charge in [0.15, 0.2) is 12.6 Å². The molecule has 1 saturated heterocycles. The third kappa shape index (κ3) is 5.64. The molecule has 2 aromatic carbocycles. The Labute approximate surface area is 173 Å². The van der Waals surface area contributed by atoms with E-state index in [1.54, 1.807) is 24.3 Å². The number of hydrogen-bond donors (Lipinski definition) is 4. The summed E-state index contributed by atoms with van der Waals surface area (Å²) in [5.41, 5.74) is 2.17. The maximum Gasteiger partial charge on any atom is 0.335 e. The summed E-state index contributed by atoms with van der Waals surface area (Å²) in [5.74, 6) is -1.99. The van der Waals surface area contributed by atoms with E-state index in [4.69, 9.17) is 19.7 Å². The zero-order valence-electron chi connectivity index (χ0n) is 16.2. The first-order valence-electron chi connectivity index (χ1n) is 9.65. The fourth-order valence-electron chi connectivity index (χ4n) is 3.33. The summed E-state index contributed by atoms with van der Waals surface area (Å²) < 4.78 is 11.1. The van der Waals surface area contributed by atoms with Crippen molar-refractivity contribution in [2.45, 2.75) is 50.5 Å². The van der Waals surface area contributed by atoms with Gasteiger partial charge in [-0.1, -0.05) is 24.3 Å². The predicted molar refractivity (Wildman–Crippen MR) is 105 cm³/mol. The molecular formula is C22H24O8. The molecule has 8 heteroatoms. The Kier molecular flexibility index (Phi) is 7.17. The van der Waals surface area contributed by atoms with Crippen LogP contribution in [-0.2, 0) is 22.3 Å². The molecule has 0 spiro atoms. The Hall–Kier alpha value is -2.78. The number of benzene rings is 2. The van der Waals surface area contributed by atoms with E-state index in [9.17, 15) is 19.8 Å². The first-order valence-corrected chi connectivity index (χ1v) is 9.65. The van der Waals surface area contributed by atoms with Crippen LogP contribution in [0.5, 0.6) is 0 Å². The van der Waals surface area contributed by atoms with Crippen molar-refractivity contribution in [3.05, 3.63) is 70.8 Å². The average Bonchev–Trinajstić information content (AvgIpc) is 2.73. The minimum Gasteiger partial charge on any atom is -0.478 e. The minimum absolute atomic E-state index is 0.201. The highest BCUT2D eigenvalue weighted by atomic mass is 16.7. The molecule has 0 amide bonds. The van der Waals surface area contributed by atoms with Crippen molar-refractivity contribution in [2.24, 2.45) is 0 Å². The molecule has 1 heterocycles. The van der Waals surface area contributed by atoms with Crippen LogP contribution < -0.4 is 0 Å². The number of carbonyl (C=O) groups is 2. The van der Waals surface area contributed by atoms with Gasteiger partial charge in [0.1, 0.15) is 12.2 Å². The molecule has 160 valence electrons. The van der Waals surface area contributed by atoms with E-state index < -0.39 is 36.7 Å². The van der Waals surface area contributed by atoms with E-state index in [1.807, 2.05) is 0 Å². The van der Waals surface area contributed by atoms with Crippen molar-refractivity contribution in [1.29, 1.82) is 0 Å². The number of carboxylic acids is 2. The van der Waals surface area contributed by atoms with E-state index >= 15 is 0 Å². The second-order valence-electron chi connectivity index (χ2n) is 7.21.